The van der Waals surface area contributed by atoms with Crippen LogP contribution in [0.25, 0.3) is 11.3 Å². The summed E-state index contributed by atoms with van der Waals surface area (Å²) in [5.74, 6) is -1.14. The first-order valence-corrected chi connectivity index (χ1v) is 7.54. The van der Waals surface area contributed by atoms with Crippen LogP contribution in [0, 0.1) is 16.1 Å². The summed E-state index contributed by atoms with van der Waals surface area (Å²) in [5, 5.41) is 15.4. The molecule has 0 unspecified atom stereocenters. The van der Waals surface area contributed by atoms with Crippen LogP contribution in [0.3, 0.4) is 0 Å². The minimum atomic E-state index is -0.672. The lowest BCUT2D eigenvalue weighted by molar-refractivity contribution is -0.384. The Hall–Kier alpha value is -3.20. The molecule has 1 aromatic carbocycles. The molecule has 3 aromatic rings. The molecule has 120 valence electrons. The molecule has 0 aliphatic rings. The molecule has 0 bridgehead atoms. The van der Waals surface area contributed by atoms with Crippen LogP contribution in [-0.2, 0) is 0 Å². The molecule has 2 heterocycles. The maximum Gasteiger partial charge on any atom is 0.270 e. The normalized spacial score (nSPS) is 10.4. The molecule has 0 spiro atoms. The van der Waals surface area contributed by atoms with Crippen LogP contribution in [-0.4, -0.2) is 20.8 Å². The SMILES string of the molecule is O=C(Nc1nc(-c2cccc([N+](=O)[O-])c2)cs1)c1ccc(F)nc1. The predicted octanol–water partition coefficient (Wildman–Crippen LogP) is 3.50. The second-order valence-electron chi connectivity index (χ2n) is 4.67. The summed E-state index contributed by atoms with van der Waals surface area (Å²) in [6, 6.07) is 8.45. The number of hydrogen-bond donors (Lipinski definition) is 1. The smallest absolute Gasteiger partial charge is 0.270 e. The third-order valence-electron chi connectivity index (χ3n) is 3.07. The monoisotopic (exact) mass is 344 g/mol. The molecule has 0 saturated carbocycles. The standard InChI is InChI=1S/C15H9FN4O3S/c16-13-5-4-10(7-17-13)14(21)19-15-18-12(8-24-15)9-2-1-3-11(6-9)20(22)23/h1-8H,(H,18,19,21). The number of halogens is 1. The molecule has 0 fully saturated rings. The average molecular weight is 344 g/mol. The van der Waals surface area contributed by atoms with E-state index in [0.29, 0.717) is 16.4 Å². The van der Waals surface area contributed by atoms with Gasteiger partial charge in [0.05, 0.1) is 16.2 Å². The van der Waals surface area contributed by atoms with Gasteiger partial charge < -0.3 is 0 Å². The number of rotatable bonds is 4. The number of nitrogens with zero attached hydrogens (tertiary/aromatic N) is 3. The highest BCUT2D eigenvalue weighted by Gasteiger charge is 2.12. The van der Waals surface area contributed by atoms with E-state index in [1.54, 1.807) is 17.5 Å². The summed E-state index contributed by atoms with van der Waals surface area (Å²) in [4.78, 5) is 30.0. The number of benzene rings is 1. The van der Waals surface area contributed by atoms with Gasteiger partial charge in [0, 0.05) is 29.3 Å². The second-order valence-corrected chi connectivity index (χ2v) is 5.53. The molecule has 9 heteroatoms. The van der Waals surface area contributed by atoms with Gasteiger partial charge in [0.25, 0.3) is 11.6 Å². The maximum absolute atomic E-state index is 12.8. The fraction of sp³-hybridized carbons (Fsp3) is 0. The van der Waals surface area contributed by atoms with E-state index in [1.165, 1.54) is 29.5 Å². The number of amides is 1. The van der Waals surface area contributed by atoms with Crippen molar-refractivity contribution in [3.05, 3.63) is 69.6 Å². The fourth-order valence-corrected chi connectivity index (χ4v) is 2.64. The lowest BCUT2D eigenvalue weighted by Crippen LogP contribution is -2.12. The van der Waals surface area contributed by atoms with Gasteiger partial charge in [-0.25, -0.2) is 9.97 Å². The molecule has 0 atom stereocenters. The van der Waals surface area contributed by atoms with Crippen LogP contribution in [0.1, 0.15) is 10.4 Å². The lowest BCUT2D eigenvalue weighted by atomic mass is 10.1. The van der Waals surface area contributed by atoms with E-state index >= 15 is 0 Å². The average Bonchev–Trinajstić information content (AvgIpc) is 3.04. The van der Waals surface area contributed by atoms with Crippen LogP contribution in [0.2, 0.25) is 0 Å². The highest BCUT2D eigenvalue weighted by atomic mass is 32.1. The zero-order valence-electron chi connectivity index (χ0n) is 12.0. The molecule has 0 aliphatic carbocycles. The topological polar surface area (TPSA) is 98.0 Å². The van der Waals surface area contributed by atoms with E-state index in [1.807, 2.05) is 0 Å². The molecular formula is C15H9FN4O3S. The number of carbonyl (C=O) groups is 1. The number of non-ortho nitro benzene ring substituents is 1. The van der Waals surface area contributed by atoms with Crippen molar-refractivity contribution in [1.82, 2.24) is 9.97 Å². The summed E-state index contributed by atoms with van der Waals surface area (Å²) in [5.41, 5.74) is 1.24. The van der Waals surface area contributed by atoms with Crippen molar-refractivity contribution >= 4 is 28.1 Å². The number of nitrogens with one attached hydrogen (secondary N) is 1. The van der Waals surface area contributed by atoms with E-state index < -0.39 is 16.8 Å². The van der Waals surface area contributed by atoms with Crippen LogP contribution < -0.4 is 5.32 Å². The van der Waals surface area contributed by atoms with Gasteiger partial charge in [-0.1, -0.05) is 12.1 Å². The number of nitro groups is 1. The molecule has 2 aromatic heterocycles. The van der Waals surface area contributed by atoms with E-state index in [-0.39, 0.29) is 11.3 Å². The predicted molar refractivity (Wildman–Crippen MR) is 86.4 cm³/mol. The molecular weight excluding hydrogens is 335 g/mol. The van der Waals surface area contributed by atoms with Crippen LogP contribution in [0.4, 0.5) is 15.2 Å². The van der Waals surface area contributed by atoms with Crippen molar-refractivity contribution in [3.63, 3.8) is 0 Å². The first kappa shape index (κ1) is 15.7. The number of nitro benzene ring substituents is 1. The van der Waals surface area contributed by atoms with Gasteiger partial charge in [-0.05, 0) is 12.1 Å². The van der Waals surface area contributed by atoms with Crippen molar-refractivity contribution in [2.45, 2.75) is 0 Å². The van der Waals surface area contributed by atoms with Crippen molar-refractivity contribution in [3.8, 4) is 11.3 Å². The van der Waals surface area contributed by atoms with Gasteiger partial charge >= 0.3 is 0 Å². The van der Waals surface area contributed by atoms with Gasteiger partial charge in [-0.2, -0.15) is 4.39 Å². The van der Waals surface area contributed by atoms with Gasteiger partial charge in [0.15, 0.2) is 5.13 Å². The number of carbonyl (C=O) groups excluding carboxylic acids is 1. The van der Waals surface area contributed by atoms with Crippen molar-refractivity contribution in [2.24, 2.45) is 0 Å². The Morgan fingerprint density at radius 2 is 2.12 bits per heavy atom. The third kappa shape index (κ3) is 3.41. The summed E-state index contributed by atoms with van der Waals surface area (Å²) in [6.45, 7) is 0. The highest BCUT2D eigenvalue weighted by Crippen LogP contribution is 2.27. The number of thiazole rings is 1. The summed E-state index contributed by atoms with van der Waals surface area (Å²) < 4.78 is 12.8. The van der Waals surface area contributed by atoms with Gasteiger partial charge in [0.1, 0.15) is 0 Å². The molecule has 3 rings (SSSR count). The van der Waals surface area contributed by atoms with Gasteiger partial charge in [-0.3, -0.25) is 20.2 Å². The highest BCUT2D eigenvalue weighted by molar-refractivity contribution is 7.14. The molecule has 1 amide bonds. The van der Waals surface area contributed by atoms with E-state index in [9.17, 15) is 19.3 Å². The van der Waals surface area contributed by atoms with E-state index in [2.05, 4.69) is 15.3 Å². The summed E-state index contributed by atoms with van der Waals surface area (Å²) in [7, 11) is 0. The van der Waals surface area contributed by atoms with Crippen molar-refractivity contribution in [1.29, 1.82) is 0 Å². The Bertz CT molecular complexity index is 911. The minimum Gasteiger partial charge on any atom is -0.298 e. The van der Waals surface area contributed by atoms with Gasteiger partial charge in [-0.15, -0.1) is 11.3 Å². The molecule has 0 radical (unpaired) electrons. The maximum atomic E-state index is 12.8. The molecule has 0 aliphatic heterocycles. The summed E-state index contributed by atoms with van der Waals surface area (Å²) >= 11 is 1.18. The van der Waals surface area contributed by atoms with Crippen LogP contribution in [0.5, 0.6) is 0 Å². The zero-order valence-corrected chi connectivity index (χ0v) is 12.8. The quantitative estimate of drug-likeness (QED) is 0.444. The molecule has 7 nitrogen and oxygen atoms in total. The Kier molecular flexibility index (Phi) is 4.25. The Labute approximate surface area is 139 Å². The van der Waals surface area contributed by atoms with Gasteiger partial charge in [0.2, 0.25) is 5.95 Å². The lowest BCUT2D eigenvalue weighted by Gasteiger charge is -2.01. The number of anilines is 1. The molecule has 1 N–H and O–H groups in total. The summed E-state index contributed by atoms with van der Waals surface area (Å²) in [6.07, 6.45) is 1.12. The van der Waals surface area contributed by atoms with Crippen molar-refractivity contribution < 1.29 is 14.1 Å². The Morgan fingerprint density at radius 1 is 1.29 bits per heavy atom. The van der Waals surface area contributed by atoms with Crippen molar-refractivity contribution in [2.75, 3.05) is 5.32 Å². The fourth-order valence-electron chi connectivity index (χ4n) is 1.92. The largest absolute Gasteiger partial charge is 0.298 e. The van der Waals surface area contributed by atoms with Crippen LogP contribution in [0.15, 0.2) is 48.0 Å². The Morgan fingerprint density at radius 3 is 2.83 bits per heavy atom. The number of hydrogen-bond acceptors (Lipinski definition) is 6. The Balaban J connectivity index is 1.78. The second kappa shape index (κ2) is 6.50. The first-order valence-electron chi connectivity index (χ1n) is 6.66. The van der Waals surface area contributed by atoms with Crippen LogP contribution >= 0.6 is 11.3 Å². The number of pyridine rings is 1. The third-order valence-corrected chi connectivity index (χ3v) is 3.82. The minimum absolute atomic E-state index is 0.0385. The first-order chi connectivity index (χ1) is 11.5. The number of aromatic nitrogens is 2. The molecule has 24 heavy (non-hydrogen) atoms. The zero-order chi connectivity index (χ0) is 17.1. The van der Waals surface area contributed by atoms with E-state index in [4.69, 9.17) is 0 Å². The molecule has 0 saturated heterocycles. The van der Waals surface area contributed by atoms with E-state index in [0.717, 1.165) is 12.3 Å².